The van der Waals surface area contributed by atoms with Gasteiger partial charge in [-0.15, -0.1) is 11.3 Å². The van der Waals surface area contributed by atoms with Crippen LogP contribution in [0.1, 0.15) is 24.6 Å². The van der Waals surface area contributed by atoms with E-state index in [0.717, 1.165) is 19.5 Å². The first-order chi connectivity index (χ1) is 10.3. The first kappa shape index (κ1) is 15.7. The number of hydrogen-bond donors (Lipinski definition) is 2. The lowest BCUT2D eigenvalue weighted by atomic mass is 10.1. The third-order valence-electron chi connectivity index (χ3n) is 3.16. The van der Waals surface area contributed by atoms with Crippen LogP contribution in [0, 0.1) is 0 Å². The molecule has 21 heavy (non-hydrogen) atoms. The molecule has 0 bridgehead atoms. The van der Waals surface area contributed by atoms with E-state index in [1.807, 2.05) is 6.07 Å². The number of rotatable bonds is 8. The average Bonchev–Trinajstić information content (AvgIpc) is 2.99. The minimum Gasteiger partial charge on any atom is -0.356 e. The Hall–Kier alpha value is -1.65. The lowest BCUT2D eigenvalue weighted by molar-refractivity contribution is -0.120. The highest BCUT2D eigenvalue weighted by molar-refractivity contribution is 7.10. The molecule has 0 saturated carbocycles. The second-order valence-electron chi connectivity index (χ2n) is 4.94. The van der Waals surface area contributed by atoms with Gasteiger partial charge in [-0.3, -0.25) is 4.79 Å². The molecule has 1 aromatic heterocycles. The highest BCUT2D eigenvalue weighted by Crippen LogP contribution is 2.25. The molecule has 3 nitrogen and oxygen atoms in total. The van der Waals surface area contributed by atoms with Crippen LogP contribution in [-0.4, -0.2) is 19.0 Å². The SMILES string of the molecule is CCCNC(=O)CCNCc1cc(-c2ccccc2)cs1. The Morgan fingerprint density at radius 3 is 2.71 bits per heavy atom. The summed E-state index contributed by atoms with van der Waals surface area (Å²) in [5.74, 6) is 0.125. The number of amides is 1. The summed E-state index contributed by atoms with van der Waals surface area (Å²) < 4.78 is 0. The van der Waals surface area contributed by atoms with Crippen molar-refractivity contribution in [1.29, 1.82) is 0 Å². The third kappa shape index (κ3) is 5.33. The van der Waals surface area contributed by atoms with E-state index in [4.69, 9.17) is 0 Å². The molecule has 0 spiro atoms. The van der Waals surface area contributed by atoms with Crippen LogP contribution in [0.2, 0.25) is 0 Å². The number of nitrogens with one attached hydrogen (secondary N) is 2. The highest BCUT2D eigenvalue weighted by atomic mass is 32.1. The van der Waals surface area contributed by atoms with Crippen molar-refractivity contribution in [3.63, 3.8) is 0 Å². The summed E-state index contributed by atoms with van der Waals surface area (Å²) in [6.07, 6.45) is 1.52. The third-order valence-corrected chi connectivity index (χ3v) is 4.10. The Morgan fingerprint density at radius 1 is 1.14 bits per heavy atom. The van der Waals surface area contributed by atoms with Gasteiger partial charge < -0.3 is 10.6 Å². The molecular weight excluding hydrogens is 280 g/mol. The lowest BCUT2D eigenvalue weighted by Gasteiger charge is -2.04. The maximum atomic E-state index is 11.5. The molecule has 0 aliphatic heterocycles. The van der Waals surface area contributed by atoms with Crippen LogP contribution in [0.5, 0.6) is 0 Å². The quantitative estimate of drug-likeness (QED) is 0.734. The van der Waals surface area contributed by atoms with E-state index in [0.29, 0.717) is 13.0 Å². The van der Waals surface area contributed by atoms with Gasteiger partial charge in [0.1, 0.15) is 0 Å². The fourth-order valence-electron chi connectivity index (χ4n) is 2.02. The molecule has 0 atom stereocenters. The van der Waals surface area contributed by atoms with E-state index in [2.05, 4.69) is 53.3 Å². The van der Waals surface area contributed by atoms with Crippen molar-refractivity contribution in [2.24, 2.45) is 0 Å². The second-order valence-corrected chi connectivity index (χ2v) is 5.94. The van der Waals surface area contributed by atoms with E-state index in [-0.39, 0.29) is 5.91 Å². The Bertz CT molecular complexity index is 551. The Morgan fingerprint density at radius 2 is 1.95 bits per heavy atom. The zero-order valence-corrected chi connectivity index (χ0v) is 13.2. The van der Waals surface area contributed by atoms with E-state index in [1.165, 1.54) is 16.0 Å². The molecule has 2 N–H and O–H groups in total. The van der Waals surface area contributed by atoms with Gasteiger partial charge in [0.2, 0.25) is 5.91 Å². The normalized spacial score (nSPS) is 10.5. The first-order valence-corrected chi connectivity index (χ1v) is 8.28. The van der Waals surface area contributed by atoms with Gasteiger partial charge in [0.05, 0.1) is 0 Å². The predicted molar refractivity (Wildman–Crippen MR) is 89.4 cm³/mol. The zero-order valence-electron chi connectivity index (χ0n) is 12.4. The maximum Gasteiger partial charge on any atom is 0.221 e. The number of carbonyl (C=O) groups excluding carboxylic acids is 1. The molecule has 0 saturated heterocycles. The van der Waals surface area contributed by atoms with Gasteiger partial charge in [-0.1, -0.05) is 37.3 Å². The standard InChI is InChI=1S/C17H22N2OS/c1-2-9-19-17(20)8-10-18-12-16-11-15(13-21-16)14-6-4-3-5-7-14/h3-7,11,13,18H,2,8-10,12H2,1H3,(H,19,20). The predicted octanol–water partition coefficient (Wildman–Crippen LogP) is 3.42. The topological polar surface area (TPSA) is 41.1 Å². The monoisotopic (exact) mass is 302 g/mol. The Balaban J connectivity index is 1.72. The van der Waals surface area contributed by atoms with Gasteiger partial charge in [0.15, 0.2) is 0 Å². The molecule has 1 amide bonds. The van der Waals surface area contributed by atoms with Crippen LogP contribution >= 0.6 is 11.3 Å². The average molecular weight is 302 g/mol. The molecular formula is C17H22N2OS. The fourth-order valence-corrected chi connectivity index (χ4v) is 2.88. The van der Waals surface area contributed by atoms with E-state index >= 15 is 0 Å². The Kier molecular flexibility index (Phi) is 6.44. The van der Waals surface area contributed by atoms with Crippen LogP contribution in [0.4, 0.5) is 0 Å². The summed E-state index contributed by atoms with van der Waals surface area (Å²) in [5.41, 5.74) is 2.51. The Labute approximate surface area is 130 Å². The first-order valence-electron chi connectivity index (χ1n) is 7.40. The van der Waals surface area contributed by atoms with Gasteiger partial charge in [0.25, 0.3) is 0 Å². The maximum absolute atomic E-state index is 11.5. The molecule has 2 rings (SSSR count). The number of benzene rings is 1. The smallest absolute Gasteiger partial charge is 0.221 e. The minimum atomic E-state index is 0.125. The molecule has 0 fully saturated rings. The van der Waals surface area contributed by atoms with Crippen molar-refractivity contribution in [3.8, 4) is 11.1 Å². The number of thiophene rings is 1. The van der Waals surface area contributed by atoms with Crippen molar-refractivity contribution in [3.05, 3.63) is 46.7 Å². The van der Waals surface area contributed by atoms with Crippen LogP contribution < -0.4 is 10.6 Å². The van der Waals surface area contributed by atoms with Gasteiger partial charge in [-0.25, -0.2) is 0 Å². The van der Waals surface area contributed by atoms with Crippen molar-refractivity contribution in [2.45, 2.75) is 26.3 Å². The minimum absolute atomic E-state index is 0.125. The molecule has 0 aliphatic rings. The van der Waals surface area contributed by atoms with Crippen LogP contribution in [-0.2, 0) is 11.3 Å². The molecule has 0 aliphatic carbocycles. The molecule has 4 heteroatoms. The van der Waals surface area contributed by atoms with Crippen molar-refractivity contribution < 1.29 is 4.79 Å². The van der Waals surface area contributed by atoms with Crippen LogP contribution in [0.3, 0.4) is 0 Å². The fraction of sp³-hybridized carbons (Fsp3) is 0.353. The van der Waals surface area contributed by atoms with Crippen LogP contribution in [0.25, 0.3) is 11.1 Å². The summed E-state index contributed by atoms with van der Waals surface area (Å²) >= 11 is 1.75. The largest absolute Gasteiger partial charge is 0.356 e. The van der Waals surface area contributed by atoms with E-state index in [1.54, 1.807) is 11.3 Å². The zero-order chi connectivity index (χ0) is 14.9. The van der Waals surface area contributed by atoms with Gasteiger partial charge in [-0.05, 0) is 29.0 Å². The van der Waals surface area contributed by atoms with E-state index < -0.39 is 0 Å². The molecule has 1 aromatic carbocycles. The summed E-state index contributed by atoms with van der Waals surface area (Å²) in [6.45, 7) is 4.36. The van der Waals surface area contributed by atoms with Gasteiger partial charge in [-0.2, -0.15) is 0 Å². The van der Waals surface area contributed by atoms with Crippen LogP contribution in [0.15, 0.2) is 41.8 Å². The van der Waals surface area contributed by atoms with E-state index in [9.17, 15) is 4.79 Å². The lowest BCUT2D eigenvalue weighted by Crippen LogP contribution is -2.27. The molecule has 112 valence electrons. The molecule has 2 aromatic rings. The number of hydrogen-bond acceptors (Lipinski definition) is 3. The van der Waals surface area contributed by atoms with Gasteiger partial charge in [0, 0.05) is 30.9 Å². The number of carbonyl (C=O) groups is 1. The van der Waals surface area contributed by atoms with Crippen molar-refractivity contribution in [2.75, 3.05) is 13.1 Å². The van der Waals surface area contributed by atoms with Crippen molar-refractivity contribution >= 4 is 17.2 Å². The molecule has 0 unspecified atom stereocenters. The second kappa shape index (κ2) is 8.60. The van der Waals surface area contributed by atoms with Crippen molar-refractivity contribution in [1.82, 2.24) is 10.6 Å². The summed E-state index contributed by atoms with van der Waals surface area (Å²) in [5, 5.41) is 8.38. The summed E-state index contributed by atoms with van der Waals surface area (Å²) in [7, 11) is 0. The molecule has 1 heterocycles. The summed E-state index contributed by atoms with van der Waals surface area (Å²) in [4.78, 5) is 12.7. The highest BCUT2D eigenvalue weighted by Gasteiger charge is 2.03. The van der Waals surface area contributed by atoms with Gasteiger partial charge >= 0.3 is 0 Å². The molecule has 0 radical (unpaired) electrons. The summed E-state index contributed by atoms with van der Waals surface area (Å²) in [6, 6.07) is 12.6.